The first-order valence-electron chi connectivity index (χ1n) is 2.32. The summed E-state index contributed by atoms with van der Waals surface area (Å²) >= 11 is 0. The Labute approximate surface area is 54.3 Å². The SMILES string of the molecule is C=CS(=O)(=O)CC[C]=O. The summed E-state index contributed by atoms with van der Waals surface area (Å²) in [5, 5.41) is 0.838. The maximum Gasteiger partial charge on any atom is 0.199 e. The second kappa shape index (κ2) is 3.40. The molecule has 0 saturated carbocycles. The molecule has 0 aliphatic carbocycles. The Morgan fingerprint density at radius 3 is 2.44 bits per heavy atom. The van der Waals surface area contributed by atoms with Crippen molar-refractivity contribution in [3.05, 3.63) is 12.0 Å². The summed E-state index contributed by atoms with van der Waals surface area (Å²) in [5.41, 5.74) is 0. The summed E-state index contributed by atoms with van der Waals surface area (Å²) in [6.45, 7) is 3.07. The Balaban J connectivity index is 3.89. The highest BCUT2D eigenvalue weighted by Crippen LogP contribution is 1.90. The van der Waals surface area contributed by atoms with Gasteiger partial charge in [0.15, 0.2) is 16.1 Å². The number of hydrogen-bond acceptors (Lipinski definition) is 3. The van der Waals surface area contributed by atoms with Crippen molar-refractivity contribution < 1.29 is 13.2 Å². The van der Waals surface area contributed by atoms with Gasteiger partial charge < -0.3 is 0 Å². The van der Waals surface area contributed by atoms with Crippen molar-refractivity contribution in [2.75, 3.05) is 5.75 Å². The molecule has 0 fully saturated rings. The van der Waals surface area contributed by atoms with E-state index in [1.54, 1.807) is 0 Å². The third-order valence-electron chi connectivity index (χ3n) is 0.743. The molecule has 0 aliphatic rings. The van der Waals surface area contributed by atoms with Crippen LogP contribution in [0.3, 0.4) is 0 Å². The molecule has 0 saturated heterocycles. The molecule has 0 heterocycles. The Hall–Kier alpha value is -0.640. The average Bonchev–Trinajstić information content (AvgIpc) is 1.84. The van der Waals surface area contributed by atoms with Crippen LogP contribution in [-0.4, -0.2) is 20.5 Å². The third kappa shape index (κ3) is 3.90. The van der Waals surface area contributed by atoms with Crippen LogP contribution in [0.1, 0.15) is 6.42 Å². The van der Waals surface area contributed by atoms with Gasteiger partial charge in [0.2, 0.25) is 0 Å². The Morgan fingerprint density at radius 2 is 2.11 bits per heavy atom. The van der Waals surface area contributed by atoms with E-state index in [2.05, 4.69) is 6.58 Å². The summed E-state index contributed by atoms with van der Waals surface area (Å²) < 4.78 is 20.9. The van der Waals surface area contributed by atoms with Gasteiger partial charge in [0.25, 0.3) is 0 Å². The Morgan fingerprint density at radius 1 is 1.56 bits per heavy atom. The minimum absolute atomic E-state index is 0.0750. The van der Waals surface area contributed by atoms with Crippen LogP contribution in [-0.2, 0) is 14.6 Å². The molecule has 51 valence electrons. The Kier molecular flexibility index (Phi) is 3.16. The number of carbonyl (C=O) groups excluding carboxylic acids is 1. The first-order valence-corrected chi connectivity index (χ1v) is 4.04. The lowest BCUT2D eigenvalue weighted by Gasteiger charge is -1.88. The highest BCUT2D eigenvalue weighted by Gasteiger charge is 2.02. The van der Waals surface area contributed by atoms with E-state index in [-0.39, 0.29) is 12.2 Å². The molecule has 4 heteroatoms. The first kappa shape index (κ1) is 8.36. The molecular weight excluding hydrogens is 140 g/mol. The van der Waals surface area contributed by atoms with Crippen LogP contribution in [0.25, 0.3) is 0 Å². The maximum absolute atomic E-state index is 10.5. The van der Waals surface area contributed by atoms with Gasteiger partial charge in [0.05, 0.1) is 5.75 Å². The van der Waals surface area contributed by atoms with Crippen molar-refractivity contribution in [3.63, 3.8) is 0 Å². The van der Waals surface area contributed by atoms with Crippen molar-refractivity contribution in [2.45, 2.75) is 6.42 Å². The van der Waals surface area contributed by atoms with Crippen molar-refractivity contribution in [2.24, 2.45) is 0 Å². The topological polar surface area (TPSA) is 51.2 Å². The largest absolute Gasteiger partial charge is 0.291 e. The van der Waals surface area contributed by atoms with Gasteiger partial charge in [-0.3, -0.25) is 4.79 Å². The van der Waals surface area contributed by atoms with Gasteiger partial charge in [-0.2, -0.15) is 0 Å². The van der Waals surface area contributed by atoms with Crippen molar-refractivity contribution in [3.8, 4) is 0 Å². The summed E-state index contributed by atoms with van der Waals surface area (Å²) in [7, 11) is -3.18. The third-order valence-corrected chi connectivity index (χ3v) is 2.02. The molecule has 0 N–H and O–H groups in total. The van der Waals surface area contributed by atoms with Crippen molar-refractivity contribution in [1.82, 2.24) is 0 Å². The van der Waals surface area contributed by atoms with Gasteiger partial charge in [0.1, 0.15) is 0 Å². The Bertz CT molecular complexity index is 190. The maximum atomic E-state index is 10.5. The van der Waals surface area contributed by atoms with Gasteiger partial charge in [-0.15, -0.1) is 0 Å². The lowest BCUT2D eigenvalue weighted by Crippen LogP contribution is -2.01. The fourth-order valence-electron chi connectivity index (χ4n) is 0.267. The van der Waals surface area contributed by atoms with Gasteiger partial charge in [-0.1, -0.05) is 6.58 Å². The van der Waals surface area contributed by atoms with Crippen LogP contribution in [0.15, 0.2) is 12.0 Å². The quantitative estimate of drug-likeness (QED) is 0.564. The van der Waals surface area contributed by atoms with E-state index in [1.165, 1.54) is 6.29 Å². The van der Waals surface area contributed by atoms with E-state index in [0.717, 1.165) is 5.41 Å². The van der Waals surface area contributed by atoms with Crippen molar-refractivity contribution >= 4 is 16.1 Å². The van der Waals surface area contributed by atoms with Gasteiger partial charge in [0, 0.05) is 11.8 Å². The summed E-state index contributed by atoms with van der Waals surface area (Å²) in [4.78, 5) is 9.54. The van der Waals surface area contributed by atoms with Gasteiger partial charge in [-0.25, -0.2) is 8.42 Å². The second-order valence-corrected chi connectivity index (χ2v) is 3.50. The summed E-state index contributed by atoms with van der Waals surface area (Å²) in [6.07, 6.45) is 1.41. The van der Waals surface area contributed by atoms with E-state index in [9.17, 15) is 13.2 Å². The molecule has 0 unspecified atom stereocenters. The van der Waals surface area contributed by atoms with Crippen LogP contribution in [0.4, 0.5) is 0 Å². The van der Waals surface area contributed by atoms with E-state index in [4.69, 9.17) is 0 Å². The zero-order valence-electron chi connectivity index (χ0n) is 4.83. The summed E-state index contributed by atoms with van der Waals surface area (Å²) in [5.74, 6) is -0.181. The molecule has 0 atom stereocenters. The van der Waals surface area contributed by atoms with Crippen LogP contribution in [0, 0.1) is 0 Å². The molecule has 0 aromatic heterocycles. The zero-order chi connectivity index (χ0) is 7.33. The molecule has 9 heavy (non-hydrogen) atoms. The molecule has 0 aromatic carbocycles. The molecule has 3 nitrogen and oxygen atoms in total. The number of sulfone groups is 1. The molecule has 0 rings (SSSR count). The zero-order valence-corrected chi connectivity index (χ0v) is 5.65. The van der Waals surface area contributed by atoms with E-state index < -0.39 is 9.84 Å². The normalized spacial score (nSPS) is 10.7. The lowest BCUT2D eigenvalue weighted by atomic mass is 10.6. The monoisotopic (exact) mass is 147 g/mol. The smallest absolute Gasteiger partial charge is 0.199 e. The highest BCUT2D eigenvalue weighted by atomic mass is 32.2. The molecule has 0 aromatic rings. The van der Waals surface area contributed by atoms with E-state index >= 15 is 0 Å². The van der Waals surface area contributed by atoms with Crippen LogP contribution in [0.2, 0.25) is 0 Å². The highest BCUT2D eigenvalue weighted by molar-refractivity contribution is 7.94. The minimum Gasteiger partial charge on any atom is -0.291 e. The van der Waals surface area contributed by atoms with Crippen LogP contribution in [0.5, 0.6) is 0 Å². The molecule has 0 bridgehead atoms. The predicted molar refractivity (Wildman–Crippen MR) is 34.3 cm³/mol. The predicted octanol–water partition coefficient (Wildman–Crippen LogP) is 0.0445. The van der Waals surface area contributed by atoms with Gasteiger partial charge >= 0.3 is 0 Å². The number of hydrogen-bond donors (Lipinski definition) is 0. The van der Waals surface area contributed by atoms with E-state index in [1.807, 2.05) is 0 Å². The molecule has 0 aliphatic heterocycles. The average molecular weight is 147 g/mol. The fraction of sp³-hybridized carbons (Fsp3) is 0.400. The lowest BCUT2D eigenvalue weighted by molar-refractivity contribution is 0.552. The standard InChI is InChI=1S/C5H7O3S/c1-2-9(7,8)5-3-4-6/h2H,1,3,5H2. The second-order valence-electron chi connectivity index (χ2n) is 1.43. The van der Waals surface area contributed by atoms with Crippen molar-refractivity contribution in [1.29, 1.82) is 0 Å². The van der Waals surface area contributed by atoms with E-state index in [0.29, 0.717) is 0 Å². The summed E-state index contributed by atoms with van der Waals surface area (Å²) in [6, 6.07) is 0. The molecular formula is C5H7O3S. The molecule has 0 spiro atoms. The van der Waals surface area contributed by atoms with Gasteiger partial charge in [-0.05, 0) is 0 Å². The molecule has 1 radical (unpaired) electrons. The fourth-order valence-corrected chi connectivity index (χ4v) is 0.802. The first-order chi connectivity index (χ1) is 4.12. The minimum atomic E-state index is -3.18. The molecule has 0 amide bonds. The van der Waals surface area contributed by atoms with Crippen LogP contribution < -0.4 is 0 Å². The van der Waals surface area contributed by atoms with Crippen LogP contribution >= 0.6 is 0 Å². The number of rotatable bonds is 4.